The van der Waals surface area contributed by atoms with E-state index in [1.165, 1.54) is 6.07 Å². The molecule has 0 aliphatic rings. The van der Waals surface area contributed by atoms with Crippen molar-refractivity contribution in [3.63, 3.8) is 0 Å². The van der Waals surface area contributed by atoms with Crippen LogP contribution in [0.1, 0.15) is 16.7 Å². The fourth-order valence-corrected chi connectivity index (χ4v) is 2.74. The first-order chi connectivity index (χ1) is 12.9. The van der Waals surface area contributed by atoms with Crippen molar-refractivity contribution in [1.82, 2.24) is 10.3 Å². The molecule has 0 saturated heterocycles. The number of benzene rings is 2. The van der Waals surface area contributed by atoms with Crippen molar-refractivity contribution in [3.05, 3.63) is 65.1 Å². The minimum Gasteiger partial charge on any atom is -0.489 e. The van der Waals surface area contributed by atoms with Crippen LogP contribution in [0.3, 0.4) is 0 Å². The van der Waals surface area contributed by atoms with Crippen LogP contribution in [0.15, 0.2) is 42.6 Å². The van der Waals surface area contributed by atoms with Crippen molar-refractivity contribution >= 4 is 10.9 Å². The summed E-state index contributed by atoms with van der Waals surface area (Å²) in [4.78, 5) is 3.08. The van der Waals surface area contributed by atoms with Crippen LogP contribution >= 0.6 is 0 Å². The number of H-pyrrole nitrogens is 1. The number of rotatable bonds is 7. The zero-order valence-corrected chi connectivity index (χ0v) is 14.2. The number of aliphatic hydroxyl groups is 1. The fraction of sp³-hybridized carbons (Fsp3) is 0.263. The molecule has 1 aromatic heterocycles. The number of hydrogen-bond donors (Lipinski definition) is 3. The predicted octanol–water partition coefficient (Wildman–Crippen LogP) is 3.99. The summed E-state index contributed by atoms with van der Waals surface area (Å²) in [5.74, 6) is -0.806. The Kier molecular flexibility index (Phi) is 5.67. The molecule has 0 aliphatic heterocycles. The first-order valence-electron chi connectivity index (χ1n) is 8.28. The van der Waals surface area contributed by atoms with Gasteiger partial charge in [-0.05, 0) is 35.9 Å². The van der Waals surface area contributed by atoms with E-state index in [2.05, 4.69) is 10.3 Å². The lowest BCUT2D eigenvalue weighted by molar-refractivity contribution is -0.140. The van der Waals surface area contributed by atoms with Gasteiger partial charge in [0.2, 0.25) is 0 Å². The van der Waals surface area contributed by atoms with Crippen LogP contribution in [-0.4, -0.2) is 23.2 Å². The molecule has 8 heteroatoms. The number of aromatic amines is 1. The molecule has 2 aromatic carbocycles. The number of halogens is 4. The summed E-state index contributed by atoms with van der Waals surface area (Å²) in [6.07, 6.45) is -2.99. The summed E-state index contributed by atoms with van der Waals surface area (Å²) >= 11 is 0. The molecule has 3 rings (SSSR count). The van der Waals surface area contributed by atoms with Gasteiger partial charge in [0, 0.05) is 35.8 Å². The Labute approximate surface area is 152 Å². The average Bonchev–Trinajstić information content (AvgIpc) is 3.07. The molecule has 27 heavy (non-hydrogen) atoms. The van der Waals surface area contributed by atoms with Crippen LogP contribution in [0.5, 0.6) is 5.75 Å². The number of hydrogen-bond acceptors (Lipinski definition) is 3. The van der Waals surface area contributed by atoms with Gasteiger partial charge in [0.25, 0.3) is 0 Å². The SMILES string of the molecule is OCCNCc1cc2[nH]ccc2cc1OCc1ccc(F)c(C(F)(F)F)c1. The number of fused-ring (bicyclic) bond motifs is 1. The molecule has 3 aromatic rings. The van der Waals surface area contributed by atoms with Gasteiger partial charge in [-0.2, -0.15) is 13.2 Å². The Bertz CT molecular complexity index is 922. The second-order valence-corrected chi connectivity index (χ2v) is 6.03. The topological polar surface area (TPSA) is 57.3 Å². The molecule has 0 unspecified atom stereocenters. The monoisotopic (exact) mass is 382 g/mol. The molecule has 0 aliphatic carbocycles. The molecule has 0 bridgehead atoms. The highest BCUT2D eigenvalue weighted by Crippen LogP contribution is 2.32. The van der Waals surface area contributed by atoms with Gasteiger partial charge in [-0.1, -0.05) is 6.07 Å². The summed E-state index contributed by atoms with van der Waals surface area (Å²) in [5, 5.41) is 12.8. The van der Waals surface area contributed by atoms with Crippen molar-refractivity contribution in [3.8, 4) is 5.75 Å². The number of alkyl halides is 3. The van der Waals surface area contributed by atoms with Crippen molar-refractivity contribution in [2.24, 2.45) is 0 Å². The average molecular weight is 382 g/mol. The number of aliphatic hydroxyl groups excluding tert-OH is 1. The van der Waals surface area contributed by atoms with E-state index < -0.39 is 17.6 Å². The summed E-state index contributed by atoms with van der Waals surface area (Å²) in [6, 6.07) is 8.33. The van der Waals surface area contributed by atoms with Gasteiger partial charge in [0.05, 0.1) is 12.2 Å². The maximum Gasteiger partial charge on any atom is 0.419 e. The Hall–Kier alpha value is -2.58. The molecular formula is C19H18F4N2O2. The second kappa shape index (κ2) is 7.98. The van der Waals surface area contributed by atoms with Crippen molar-refractivity contribution in [2.45, 2.75) is 19.3 Å². The zero-order valence-electron chi connectivity index (χ0n) is 14.2. The number of ether oxygens (including phenoxy) is 1. The lowest BCUT2D eigenvalue weighted by Crippen LogP contribution is -2.18. The molecule has 1 heterocycles. The van der Waals surface area contributed by atoms with E-state index in [1.807, 2.05) is 12.1 Å². The smallest absolute Gasteiger partial charge is 0.419 e. The van der Waals surface area contributed by atoms with E-state index in [4.69, 9.17) is 9.84 Å². The summed E-state index contributed by atoms with van der Waals surface area (Å²) in [6.45, 7) is 0.667. The standard InChI is InChI=1S/C19H18F4N2O2/c20-16-2-1-12(7-15(16)19(21,22)23)11-27-18-9-13-3-4-25-17(13)8-14(18)10-24-5-6-26/h1-4,7-9,24-26H,5-6,10-11H2. The Morgan fingerprint density at radius 3 is 2.67 bits per heavy atom. The highest BCUT2D eigenvalue weighted by Gasteiger charge is 2.34. The van der Waals surface area contributed by atoms with Gasteiger partial charge in [0.15, 0.2) is 0 Å². The second-order valence-electron chi connectivity index (χ2n) is 6.03. The number of aromatic nitrogens is 1. The van der Waals surface area contributed by atoms with Crippen LogP contribution in [0.4, 0.5) is 17.6 Å². The molecule has 0 amide bonds. The van der Waals surface area contributed by atoms with Gasteiger partial charge in [-0.15, -0.1) is 0 Å². The van der Waals surface area contributed by atoms with Gasteiger partial charge in [0.1, 0.15) is 18.2 Å². The first kappa shape index (κ1) is 19.2. The molecule has 0 spiro atoms. The van der Waals surface area contributed by atoms with E-state index in [0.717, 1.165) is 28.6 Å². The van der Waals surface area contributed by atoms with Crippen LogP contribution in [0.2, 0.25) is 0 Å². The Morgan fingerprint density at radius 1 is 1.11 bits per heavy atom. The van der Waals surface area contributed by atoms with Crippen molar-refractivity contribution in [2.75, 3.05) is 13.2 Å². The molecule has 0 fully saturated rings. The van der Waals surface area contributed by atoms with E-state index in [9.17, 15) is 17.6 Å². The minimum atomic E-state index is -4.76. The highest BCUT2D eigenvalue weighted by molar-refractivity contribution is 5.82. The first-order valence-corrected chi connectivity index (χ1v) is 8.28. The maximum atomic E-state index is 13.4. The Morgan fingerprint density at radius 2 is 1.93 bits per heavy atom. The van der Waals surface area contributed by atoms with Crippen LogP contribution in [0, 0.1) is 5.82 Å². The van der Waals surface area contributed by atoms with E-state index in [0.29, 0.717) is 18.8 Å². The van der Waals surface area contributed by atoms with Gasteiger partial charge in [-0.25, -0.2) is 4.39 Å². The third-order valence-electron chi connectivity index (χ3n) is 4.07. The van der Waals surface area contributed by atoms with Crippen molar-refractivity contribution in [1.29, 1.82) is 0 Å². The molecule has 0 radical (unpaired) electrons. The quantitative estimate of drug-likeness (QED) is 0.428. The minimum absolute atomic E-state index is 0.0171. The zero-order chi connectivity index (χ0) is 19.4. The molecule has 4 nitrogen and oxygen atoms in total. The van der Waals surface area contributed by atoms with E-state index in [1.54, 1.807) is 12.3 Å². The van der Waals surface area contributed by atoms with Gasteiger partial charge < -0.3 is 20.1 Å². The third kappa shape index (κ3) is 4.58. The van der Waals surface area contributed by atoms with E-state index >= 15 is 0 Å². The largest absolute Gasteiger partial charge is 0.489 e. The summed E-state index contributed by atoms with van der Waals surface area (Å²) in [7, 11) is 0. The number of nitrogens with one attached hydrogen (secondary N) is 2. The molecular weight excluding hydrogens is 364 g/mol. The van der Waals surface area contributed by atoms with Gasteiger partial charge >= 0.3 is 6.18 Å². The highest BCUT2D eigenvalue weighted by atomic mass is 19.4. The Balaban J connectivity index is 1.82. The van der Waals surface area contributed by atoms with E-state index in [-0.39, 0.29) is 18.8 Å². The maximum absolute atomic E-state index is 13.4. The normalized spacial score (nSPS) is 11.9. The summed E-state index contributed by atoms with van der Waals surface area (Å²) < 4.78 is 57.7. The molecule has 3 N–H and O–H groups in total. The summed E-state index contributed by atoms with van der Waals surface area (Å²) in [5.41, 5.74) is 0.586. The van der Waals surface area contributed by atoms with Crippen molar-refractivity contribution < 1.29 is 27.4 Å². The molecule has 0 atom stereocenters. The fourth-order valence-electron chi connectivity index (χ4n) is 2.74. The molecule has 0 saturated carbocycles. The van der Waals surface area contributed by atoms with Gasteiger partial charge in [-0.3, -0.25) is 0 Å². The van der Waals surface area contributed by atoms with Crippen LogP contribution in [0.25, 0.3) is 10.9 Å². The van der Waals surface area contributed by atoms with Crippen LogP contribution < -0.4 is 10.1 Å². The lowest BCUT2D eigenvalue weighted by Gasteiger charge is -2.14. The molecule has 144 valence electrons. The van der Waals surface area contributed by atoms with Crippen LogP contribution in [-0.2, 0) is 19.3 Å². The third-order valence-corrected chi connectivity index (χ3v) is 4.07. The lowest BCUT2D eigenvalue weighted by atomic mass is 10.1. The predicted molar refractivity (Wildman–Crippen MR) is 92.8 cm³/mol.